The third-order valence-corrected chi connectivity index (χ3v) is 4.47. The fourth-order valence-corrected chi connectivity index (χ4v) is 3.20. The molecule has 1 N–H and O–H groups in total. The second kappa shape index (κ2) is 7.25. The molecule has 2 rings (SSSR count). The Kier molecular flexibility index (Phi) is 5.37. The zero-order chi connectivity index (χ0) is 14.4. The van der Waals surface area contributed by atoms with Crippen molar-refractivity contribution in [1.82, 2.24) is 15.5 Å². The van der Waals surface area contributed by atoms with Crippen LogP contribution in [0.1, 0.15) is 10.6 Å². The normalized spacial score (nSPS) is 10.3. The number of aromatic nitrogens is 2. The van der Waals surface area contributed by atoms with E-state index in [2.05, 4.69) is 15.5 Å². The van der Waals surface area contributed by atoms with Crippen molar-refractivity contribution >= 4 is 29.0 Å². The average molecular weight is 309 g/mol. The van der Waals surface area contributed by atoms with Crippen molar-refractivity contribution in [1.29, 1.82) is 0 Å². The average Bonchev–Trinajstić information content (AvgIpc) is 2.89. The van der Waals surface area contributed by atoms with Gasteiger partial charge >= 0.3 is 0 Å². The van der Waals surface area contributed by atoms with Gasteiger partial charge in [-0.25, -0.2) is 0 Å². The van der Waals surface area contributed by atoms with Gasteiger partial charge in [0.25, 0.3) is 0 Å². The number of nitrogens with one attached hydrogen (secondary N) is 1. The minimum Gasteiger partial charge on any atom is -0.496 e. The molecule has 0 aliphatic heterocycles. The highest BCUT2D eigenvalue weighted by Gasteiger charge is 2.07. The van der Waals surface area contributed by atoms with E-state index >= 15 is 0 Å². The summed E-state index contributed by atoms with van der Waals surface area (Å²) in [4.78, 5) is 11.8. The number of ether oxygens (including phenoxy) is 1. The van der Waals surface area contributed by atoms with Crippen molar-refractivity contribution in [2.75, 3.05) is 12.9 Å². The standard InChI is InChI=1S/C13H15N3O2S2/c1-9-15-16-13(20-9)19-8-12(17)14-7-10-5-3-4-6-11(10)18-2/h3-6H,7-8H2,1-2H3,(H,14,17). The summed E-state index contributed by atoms with van der Waals surface area (Å²) >= 11 is 2.89. The van der Waals surface area contributed by atoms with E-state index in [1.165, 1.54) is 23.1 Å². The number of hydrogen-bond acceptors (Lipinski definition) is 6. The Labute approximate surface area is 125 Å². The van der Waals surface area contributed by atoms with E-state index < -0.39 is 0 Å². The van der Waals surface area contributed by atoms with Crippen LogP contribution in [0.5, 0.6) is 5.75 Å². The molecule has 0 radical (unpaired) electrons. The molecule has 7 heteroatoms. The van der Waals surface area contributed by atoms with Crippen LogP contribution in [0.4, 0.5) is 0 Å². The SMILES string of the molecule is COc1ccccc1CNC(=O)CSc1nnc(C)s1. The maximum Gasteiger partial charge on any atom is 0.230 e. The molecule has 1 amide bonds. The van der Waals surface area contributed by atoms with Gasteiger partial charge in [-0.2, -0.15) is 0 Å². The van der Waals surface area contributed by atoms with Crippen LogP contribution in [0.15, 0.2) is 28.6 Å². The summed E-state index contributed by atoms with van der Waals surface area (Å²) in [5.41, 5.74) is 0.958. The summed E-state index contributed by atoms with van der Waals surface area (Å²) in [6.45, 7) is 2.35. The monoisotopic (exact) mass is 309 g/mol. The molecule has 0 aliphatic rings. The highest BCUT2D eigenvalue weighted by molar-refractivity contribution is 8.01. The van der Waals surface area contributed by atoms with E-state index in [0.29, 0.717) is 12.3 Å². The van der Waals surface area contributed by atoms with Crippen LogP contribution >= 0.6 is 23.1 Å². The van der Waals surface area contributed by atoms with E-state index in [9.17, 15) is 4.79 Å². The molecule has 106 valence electrons. The third kappa shape index (κ3) is 4.21. The van der Waals surface area contributed by atoms with Crippen LogP contribution in [-0.2, 0) is 11.3 Å². The molecule has 0 atom stereocenters. The van der Waals surface area contributed by atoms with E-state index in [1.54, 1.807) is 7.11 Å². The Balaban J connectivity index is 1.80. The number of nitrogens with zero attached hydrogens (tertiary/aromatic N) is 2. The molecule has 1 heterocycles. The highest BCUT2D eigenvalue weighted by Crippen LogP contribution is 2.21. The van der Waals surface area contributed by atoms with Gasteiger partial charge in [-0.1, -0.05) is 41.3 Å². The molecular formula is C13H15N3O2S2. The zero-order valence-corrected chi connectivity index (χ0v) is 12.9. The van der Waals surface area contributed by atoms with Gasteiger partial charge in [-0.05, 0) is 13.0 Å². The first-order chi connectivity index (χ1) is 9.69. The maximum absolute atomic E-state index is 11.8. The second-order valence-corrected chi connectivity index (χ2v) is 6.37. The van der Waals surface area contributed by atoms with Gasteiger partial charge in [0.2, 0.25) is 5.91 Å². The molecule has 20 heavy (non-hydrogen) atoms. The molecule has 0 aliphatic carbocycles. The predicted octanol–water partition coefficient (Wildman–Crippen LogP) is 2.26. The largest absolute Gasteiger partial charge is 0.496 e. The molecule has 1 aromatic heterocycles. The van der Waals surface area contributed by atoms with Gasteiger partial charge in [0.05, 0.1) is 12.9 Å². The van der Waals surface area contributed by atoms with Gasteiger partial charge in [-0.3, -0.25) is 4.79 Å². The molecule has 0 unspecified atom stereocenters. The number of rotatable bonds is 6. The molecule has 0 fully saturated rings. The number of carbonyl (C=O) groups is 1. The summed E-state index contributed by atoms with van der Waals surface area (Å²) in [6, 6.07) is 7.63. The molecule has 5 nitrogen and oxygen atoms in total. The van der Waals surface area contributed by atoms with Crippen LogP contribution in [-0.4, -0.2) is 29.0 Å². The van der Waals surface area contributed by atoms with Crippen molar-refractivity contribution in [3.05, 3.63) is 34.8 Å². The Morgan fingerprint density at radius 3 is 2.90 bits per heavy atom. The first-order valence-corrected chi connectivity index (χ1v) is 7.80. The van der Waals surface area contributed by atoms with E-state index in [1.807, 2.05) is 31.2 Å². The summed E-state index contributed by atoms with van der Waals surface area (Å²) in [7, 11) is 1.62. The van der Waals surface area contributed by atoms with Crippen LogP contribution in [0.2, 0.25) is 0 Å². The smallest absolute Gasteiger partial charge is 0.230 e. The van der Waals surface area contributed by atoms with Crippen molar-refractivity contribution in [3.63, 3.8) is 0 Å². The third-order valence-electron chi connectivity index (χ3n) is 2.50. The Morgan fingerprint density at radius 1 is 1.40 bits per heavy atom. The van der Waals surface area contributed by atoms with Gasteiger partial charge in [0, 0.05) is 12.1 Å². The van der Waals surface area contributed by atoms with Crippen molar-refractivity contribution in [2.45, 2.75) is 17.8 Å². The Hall–Kier alpha value is -1.60. The summed E-state index contributed by atoms with van der Waals surface area (Å²) in [5, 5.41) is 11.6. The number of benzene rings is 1. The van der Waals surface area contributed by atoms with Gasteiger partial charge < -0.3 is 10.1 Å². The summed E-state index contributed by atoms with van der Waals surface area (Å²) in [6.07, 6.45) is 0. The number of para-hydroxylation sites is 1. The minimum absolute atomic E-state index is 0.0336. The lowest BCUT2D eigenvalue weighted by Crippen LogP contribution is -2.24. The lowest BCUT2D eigenvalue weighted by atomic mass is 10.2. The lowest BCUT2D eigenvalue weighted by molar-refractivity contribution is -0.118. The first kappa shape index (κ1) is 14.8. The molecular weight excluding hydrogens is 294 g/mol. The molecule has 0 spiro atoms. The van der Waals surface area contributed by atoms with Gasteiger partial charge in [0.1, 0.15) is 10.8 Å². The summed E-state index contributed by atoms with van der Waals surface area (Å²) in [5.74, 6) is 1.08. The van der Waals surface area contributed by atoms with E-state index in [-0.39, 0.29) is 5.91 Å². The van der Waals surface area contributed by atoms with Gasteiger partial charge in [0.15, 0.2) is 4.34 Å². The van der Waals surface area contributed by atoms with Crippen LogP contribution in [0.3, 0.4) is 0 Å². The quantitative estimate of drug-likeness (QED) is 0.829. The predicted molar refractivity (Wildman–Crippen MR) is 80.2 cm³/mol. The van der Waals surface area contributed by atoms with Crippen LogP contribution < -0.4 is 10.1 Å². The van der Waals surface area contributed by atoms with Crippen molar-refractivity contribution < 1.29 is 9.53 Å². The molecule has 1 aromatic carbocycles. The van der Waals surface area contributed by atoms with Gasteiger partial charge in [-0.15, -0.1) is 10.2 Å². The Morgan fingerprint density at radius 2 is 2.20 bits per heavy atom. The number of methoxy groups -OCH3 is 1. The minimum atomic E-state index is -0.0336. The van der Waals surface area contributed by atoms with Crippen LogP contribution in [0, 0.1) is 6.92 Å². The van der Waals surface area contributed by atoms with Crippen LogP contribution in [0.25, 0.3) is 0 Å². The number of aryl methyl sites for hydroxylation is 1. The van der Waals surface area contributed by atoms with E-state index in [0.717, 1.165) is 20.7 Å². The molecule has 0 bridgehead atoms. The maximum atomic E-state index is 11.8. The molecule has 0 saturated carbocycles. The lowest BCUT2D eigenvalue weighted by Gasteiger charge is -2.09. The Bertz CT molecular complexity index is 587. The zero-order valence-electron chi connectivity index (χ0n) is 11.3. The number of hydrogen-bond donors (Lipinski definition) is 1. The molecule has 0 saturated heterocycles. The number of thioether (sulfide) groups is 1. The fourth-order valence-electron chi connectivity index (χ4n) is 1.56. The topological polar surface area (TPSA) is 64.1 Å². The second-order valence-electron chi connectivity index (χ2n) is 3.96. The fraction of sp³-hybridized carbons (Fsp3) is 0.308. The first-order valence-electron chi connectivity index (χ1n) is 6.00. The molecule has 2 aromatic rings. The number of amides is 1. The summed E-state index contributed by atoms with van der Waals surface area (Å²) < 4.78 is 6.05. The highest BCUT2D eigenvalue weighted by atomic mass is 32.2. The van der Waals surface area contributed by atoms with Crippen molar-refractivity contribution in [3.8, 4) is 5.75 Å². The van der Waals surface area contributed by atoms with E-state index in [4.69, 9.17) is 4.74 Å². The van der Waals surface area contributed by atoms with Crippen molar-refractivity contribution in [2.24, 2.45) is 0 Å². The number of carbonyl (C=O) groups excluding carboxylic acids is 1.